The molecule has 8 aromatic rings. The van der Waals surface area contributed by atoms with E-state index in [2.05, 4.69) is 150 Å². The highest BCUT2D eigenvalue weighted by molar-refractivity contribution is 7.26. The smallest absolute Gasteiger partial charge is 0.198 e. The number of rotatable bonds is 4. The molecule has 2 aliphatic heterocycles. The van der Waals surface area contributed by atoms with Gasteiger partial charge in [-0.25, -0.2) is 0 Å². The number of aliphatic imine (C=N–C) groups is 1. The van der Waals surface area contributed by atoms with Crippen molar-refractivity contribution in [2.45, 2.75) is 12.4 Å². The van der Waals surface area contributed by atoms with Crippen LogP contribution in [-0.4, -0.2) is 5.71 Å². The van der Waals surface area contributed by atoms with E-state index in [4.69, 9.17) is 9.73 Å². The highest BCUT2D eigenvalue weighted by Crippen LogP contribution is 2.47. The van der Waals surface area contributed by atoms with E-state index in [0.717, 1.165) is 39.5 Å². The van der Waals surface area contributed by atoms with Crippen molar-refractivity contribution in [1.82, 2.24) is 5.32 Å². The Morgan fingerprint density at radius 3 is 2.23 bits per heavy atom. The number of hydrogen-bond acceptors (Lipinski definition) is 5. The highest BCUT2D eigenvalue weighted by atomic mass is 32.1. The highest BCUT2D eigenvalue weighted by Gasteiger charge is 2.28. The first-order valence-corrected chi connectivity index (χ1v) is 17.1. The van der Waals surface area contributed by atoms with Gasteiger partial charge in [0.25, 0.3) is 0 Å². The monoisotopic (exact) mass is 635 g/mol. The maximum absolute atomic E-state index is 6.64. The Labute approximate surface area is 281 Å². The molecule has 0 aliphatic carbocycles. The molecule has 48 heavy (non-hydrogen) atoms. The first-order valence-electron chi connectivity index (χ1n) is 16.3. The fourth-order valence-corrected chi connectivity index (χ4v) is 8.45. The minimum absolute atomic E-state index is 0.227. The van der Waals surface area contributed by atoms with Crippen LogP contribution in [0.2, 0.25) is 0 Å². The minimum Gasteiger partial charge on any atom is -0.464 e. The van der Waals surface area contributed by atoms with Crippen molar-refractivity contribution < 1.29 is 4.74 Å². The third-order valence-electron chi connectivity index (χ3n) is 9.54. The number of nitrogens with zero attached hydrogens (tertiary/aromatic N) is 1. The molecule has 7 aromatic carbocycles. The molecule has 1 aromatic heterocycles. The van der Waals surface area contributed by atoms with Crippen LogP contribution in [0.3, 0.4) is 0 Å². The molecule has 2 unspecified atom stereocenters. The molecule has 0 radical (unpaired) electrons. The van der Waals surface area contributed by atoms with Crippen molar-refractivity contribution in [3.8, 4) is 5.75 Å². The second kappa shape index (κ2) is 10.8. The van der Waals surface area contributed by atoms with Crippen LogP contribution >= 0.6 is 11.3 Å². The lowest BCUT2D eigenvalue weighted by molar-refractivity contribution is 0.261. The van der Waals surface area contributed by atoms with E-state index < -0.39 is 0 Å². The molecule has 3 heterocycles. The lowest BCUT2D eigenvalue weighted by Gasteiger charge is -2.25. The molecule has 0 spiro atoms. The van der Waals surface area contributed by atoms with Gasteiger partial charge in [-0.15, -0.1) is 11.3 Å². The van der Waals surface area contributed by atoms with Crippen LogP contribution in [-0.2, 0) is 0 Å². The van der Waals surface area contributed by atoms with E-state index in [-0.39, 0.29) is 12.4 Å². The van der Waals surface area contributed by atoms with Crippen LogP contribution in [0.1, 0.15) is 34.6 Å². The third-order valence-corrected chi connectivity index (χ3v) is 10.8. The fraction of sp³-hybridized carbons (Fsp3) is 0.0465. The summed E-state index contributed by atoms with van der Waals surface area (Å²) in [7, 11) is 0. The zero-order chi connectivity index (χ0) is 31.6. The van der Waals surface area contributed by atoms with Gasteiger partial charge in [-0.1, -0.05) is 127 Å². The van der Waals surface area contributed by atoms with Crippen molar-refractivity contribution in [1.29, 1.82) is 0 Å². The van der Waals surface area contributed by atoms with Crippen LogP contribution in [0.15, 0.2) is 157 Å². The second-order valence-electron chi connectivity index (χ2n) is 12.4. The summed E-state index contributed by atoms with van der Waals surface area (Å²) in [5.41, 5.74) is 7.60. The Bertz CT molecular complexity index is 2610. The minimum atomic E-state index is -0.266. The van der Waals surface area contributed by atoms with Crippen LogP contribution in [0.5, 0.6) is 5.75 Å². The number of nitrogens with one attached hydrogen (secondary N) is 2. The summed E-state index contributed by atoms with van der Waals surface area (Å²) < 4.78 is 9.20. The number of allylic oxidation sites excluding steroid dienone is 1. The number of benzene rings is 7. The standard InChI is InChI=1S/C43H29N3OS/c1-3-10-26(11-4-1)35-25-36(27-12-5-2-6-13-27)45-42(44-35)30-20-22-31-29(24-30)19-18-28-21-23-37-40(39(28)31)46-43(47-37)34-16-9-15-33-32-14-7-8-17-38(32)48-41(33)34/h1-25,42-44,46H. The van der Waals surface area contributed by atoms with E-state index >= 15 is 0 Å². The van der Waals surface area contributed by atoms with Gasteiger partial charge < -0.3 is 15.4 Å². The number of ether oxygens (including phenoxy) is 1. The normalized spacial score (nSPS) is 17.1. The summed E-state index contributed by atoms with van der Waals surface area (Å²) in [4.78, 5) is 5.21. The Balaban J connectivity index is 1.05. The predicted molar refractivity (Wildman–Crippen MR) is 201 cm³/mol. The van der Waals surface area contributed by atoms with Gasteiger partial charge in [0.1, 0.15) is 11.9 Å². The van der Waals surface area contributed by atoms with Gasteiger partial charge in [0.2, 0.25) is 0 Å². The molecule has 0 amide bonds. The SMILES string of the molecule is C1=C(c2ccccc2)NC(c2ccc3c(ccc4ccc5c(c43)NC(c3cccc4c3sc3ccccc34)O5)c2)N=C1c1ccccc1. The number of thiophene rings is 1. The van der Waals surface area contributed by atoms with E-state index in [1.807, 2.05) is 23.5 Å². The number of anilines is 1. The van der Waals surface area contributed by atoms with E-state index in [1.165, 1.54) is 47.3 Å². The molecule has 5 heteroatoms. The lowest BCUT2D eigenvalue weighted by atomic mass is 9.97. The maximum Gasteiger partial charge on any atom is 0.198 e. The molecule has 0 fully saturated rings. The lowest BCUT2D eigenvalue weighted by Crippen LogP contribution is -2.24. The predicted octanol–water partition coefficient (Wildman–Crippen LogP) is 11.0. The molecule has 0 saturated carbocycles. The number of fused-ring (bicyclic) bond motifs is 8. The summed E-state index contributed by atoms with van der Waals surface area (Å²) in [6.45, 7) is 0. The van der Waals surface area contributed by atoms with Crippen LogP contribution < -0.4 is 15.4 Å². The molecule has 228 valence electrons. The van der Waals surface area contributed by atoms with Gasteiger partial charge in [0.15, 0.2) is 6.23 Å². The van der Waals surface area contributed by atoms with Gasteiger partial charge >= 0.3 is 0 Å². The average Bonchev–Trinajstić information content (AvgIpc) is 3.77. The van der Waals surface area contributed by atoms with Gasteiger partial charge in [0, 0.05) is 36.8 Å². The Kier molecular flexibility index (Phi) is 6.14. The Hall–Kier alpha value is -5.91. The average molecular weight is 636 g/mol. The molecule has 2 atom stereocenters. The van der Waals surface area contributed by atoms with Crippen molar-refractivity contribution in [2.75, 3.05) is 5.32 Å². The van der Waals surface area contributed by atoms with Crippen LogP contribution in [0.4, 0.5) is 5.69 Å². The van der Waals surface area contributed by atoms with Gasteiger partial charge in [0.05, 0.1) is 11.4 Å². The fourth-order valence-electron chi connectivity index (χ4n) is 7.21. The molecule has 2 aliphatic rings. The van der Waals surface area contributed by atoms with Crippen molar-refractivity contribution in [2.24, 2.45) is 4.99 Å². The van der Waals surface area contributed by atoms with E-state index in [1.54, 1.807) is 0 Å². The molecule has 0 bridgehead atoms. The summed E-state index contributed by atoms with van der Waals surface area (Å²) >= 11 is 1.83. The van der Waals surface area contributed by atoms with Crippen molar-refractivity contribution >= 4 is 70.2 Å². The summed E-state index contributed by atoms with van der Waals surface area (Å²) in [6.07, 6.45) is 1.66. The first-order chi connectivity index (χ1) is 23.8. The van der Waals surface area contributed by atoms with Crippen LogP contribution in [0, 0.1) is 0 Å². The van der Waals surface area contributed by atoms with E-state index in [0.29, 0.717) is 0 Å². The van der Waals surface area contributed by atoms with Gasteiger partial charge in [-0.2, -0.15) is 0 Å². The Morgan fingerprint density at radius 1 is 0.604 bits per heavy atom. The summed E-state index contributed by atoms with van der Waals surface area (Å²) in [6, 6.07) is 51.5. The molecule has 4 nitrogen and oxygen atoms in total. The summed E-state index contributed by atoms with van der Waals surface area (Å²) in [5.74, 6) is 0.880. The van der Waals surface area contributed by atoms with E-state index in [9.17, 15) is 0 Å². The summed E-state index contributed by atoms with van der Waals surface area (Å²) in [5, 5.41) is 14.8. The van der Waals surface area contributed by atoms with Crippen molar-refractivity contribution in [3.63, 3.8) is 0 Å². The molecule has 0 saturated heterocycles. The Morgan fingerprint density at radius 2 is 1.35 bits per heavy atom. The maximum atomic E-state index is 6.64. The van der Waals surface area contributed by atoms with Gasteiger partial charge in [-0.05, 0) is 57.1 Å². The molecular formula is C43H29N3OS. The topological polar surface area (TPSA) is 45.6 Å². The quantitative estimate of drug-likeness (QED) is 0.189. The second-order valence-corrected chi connectivity index (χ2v) is 13.5. The first kappa shape index (κ1) is 27.2. The van der Waals surface area contributed by atoms with Crippen LogP contribution in [0.25, 0.3) is 47.4 Å². The molecule has 10 rings (SSSR count). The largest absolute Gasteiger partial charge is 0.464 e. The molecule has 2 N–H and O–H groups in total. The third kappa shape index (κ3) is 4.39. The number of hydrogen-bond donors (Lipinski definition) is 2. The zero-order valence-electron chi connectivity index (χ0n) is 25.9. The molecular weight excluding hydrogens is 607 g/mol. The van der Waals surface area contributed by atoms with Gasteiger partial charge in [-0.3, -0.25) is 4.99 Å². The zero-order valence-corrected chi connectivity index (χ0v) is 26.7. The van der Waals surface area contributed by atoms with Crippen molar-refractivity contribution in [3.05, 3.63) is 174 Å².